The van der Waals surface area contributed by atoms with E-state index in [0.29, 0.717) is 47.9 Å². The normalized spacial score (nSPS) is 14.7. The summed E-state index contributed by atoms with van der Waals surface area (Å²) in [6.45, 7) is 2.38. The highest BCUT2D eigenvalue weighted by molar-refractivity contribution is 9.10. The standard InChI is InChI=1S/C16H15BrN6O2/c17-13-9-12(15-18-3-4-23(15)21-13)20-14-2-1-11(10-19-14)16(24)22-5-7-25-8-6-22/h1-4,9-10H,5-8H2,(H,19,20). The number of pyridine rings is 1. The summed E-state index contributed by atoms with van der Waals surface area (Å²) >= 11 is 3.38. The van der Waals surface area contributed by atoms with Crippen molar-refractivity contribution in [2.45, 2.75) is 0 Å². The van der Waals surface area contributed by atoms with Gasteiger partial charge in [-0.3, -0.25) is 4.79 Å². The van der Waals surface area contributed by atoms with E-state index in [0.717, 1.165) is 5.69 Å². The van der Waals surface area contributed by atoms with Crippen LogP contribution in [0.4, 0.5) is 11.5 Å². The summed E-state index contributed by atoms with van der Waals surface area (Å²) in [6, 6.07) is 5.38. The molecule has 25 heavy (non-hydrogen) atoms. The van der Waals surface area contributed by atoms with Gasteiger partial charge in [0, 0.05) is 37.7 Å². The first-order chi connectivity index (χ1) is 12.2. The molecule has 1 aliphatic heterocycles. The molecule has 1 amide bonds. The summed E-state index contributed by atoms with van der Waals surface area (Å²) in [5, 5.41) is 7.49. The number of carbonyl (C=O) groups excluding carboxylic acids is 1. The maximum atomic E-state index is 12.4. The molecule has 0 saturated carbocycles. The lowest BCUT2D eigenvalue weighted by Gasteiger charge is -2.26. The van der Waals surface area contributed by atoms with Gasteiger partial charge in [-0.1, -0.05) is 0 Å². The van der Waals surface area contributed by atoms with Gasteiger partial charge < -0.3 is 15.0 Å². The third kappa shape index (κ3) is 3.33. The van der Waals surface area contributed by atoms with Crippen molar-refractivity contribution in [2.24, 2.45) is 0 Å². The minimum Gasteiger partial charge on any atom is -0.378 e. The topological polar surface area (TPSA) is 84.7 Å². The molecule has 0 radical (unpaired) electrons. The van der Waals surface area contributed by atoms with Crippen LogP contribution < -0.4 is 5.32 Å². The molecule has 1 fully saturated rings. The SMILES string of the molecule is O=C(c1ccc(Nc2cc(Br)nn3ccnc23)nc1)N1CCOCC1. The number of nitrogens with one attached hydrogen (secondary N) is 1. The third-order valence-corrected chi connectivity index (χ3v) is 4.29. The molecule has 4 rings (SSSR count). The van der Waals surface area contributed by atoms with E-state index in [-0.39, 0.29) is 5.91 Å². The number of carbonyl (C=O) groups is 1. The molecule has 9 heteroatoms. The predicted molar refractivity (Wildman–Crippen MR) is 94.9 cm³/mol. The molecule has 3 aromatic rings. The van der Waals surface area contributed by atoms with Crippen molar-refractivity contribution >= 4 is 39.0 Å². The van der Waals surface area contributed by atoms with Crippen molar-refractivity contribution in [3.05, 3.63) is 47.0 Å². The van der Waals surface area contributed by atoms with Gasteiger partial charge in [0.25, 0.3) is 5.91 Å². The zero-order chi connectivity index (χ0) is 17.2. The van der Waals surface area contributed by atoms with Crippen molar-refractivity contribution < 1.29 is 9.53 Å². The Bertz CT molecular complexity index is 905. The van der Waals surface area contributed by atoms with E-state index in [1.54, 1.807) is 40.1 Å². The first-order valence-electron chi connectivity index (χ1n) is 7.81. The van der Waals surface area contributed by atoms with Gasteiger partial charge in [-0.05, 0) is 28.1 Å². The molecule has 0 aromatic carbocycles. The van der Waals surface area contributed by atoms with E-state index in [1.807, 2.05) is 6.07 Å². The molecule has 0 atom stereocenters. The Hall–Kier alpha value is -2.52. The summed E-state index contributed by atoms with van der Waals surface area (Å²) < 4.78 is 7.62. The maximum Gasteiger partial charge on any atom is 0.255 e. The van der Waals surface area contributed by atoms with E-state index in [9.17, 15) is 4.79 Å². The van der Waals surface area contributed by atoms with Crippen LogP contribution in [0, 0.1) is 0 Å². The highest BCUT2D eigenvalue weighted by Gasteiger charge is 2.18. The molecule has 3 aromatic heterocycles. The first-order valence-corrected chi connectivity index (χ1v) is 8.60. The molecule has 128 valence electrons. The van der Waals surface area contributed by atoms with Gasteiger partial charge in [-0.25, -0.2) is 14.5 Å². The zero-order valence-corrected chi connectivity index (χ0v) is 14.8. The lowest BCUT2D eigenvalue weighted by molar-refractivity contribution is 0.0302. The molecule has 4 heterocycles. The van der Waals surface area contributed by atoms with Crippen LogP contribution in [0.1, 0.15) is 10.4 Å². The molecular formula is C16H15BrN6O2. The van der Waals surface area contributed by atoms with Crippen LogP contribution in [0.2, 0.25) is 0 Å². The highest BCUT2D eigenvalue weighted by Crippen LogP contribution is 2.22. The summed E-state index contributed by atoms with van der Waals surface area (Å²) in [7, 11) is 0. The van der Waals surface area contributed by atoms with Crippen molar-refractivity contribution in [2.75, 3.05) is 31.6 Å². The smallest absolute Gasteiger partial charge is 0.255 e. The second kappa shape index (κ2) is 6.77. The lowest BCUT2D eigenvalue weighted by Crippen LogP contribution is -2.40. The number of aromatic nitrogens is 4. The largest absolute Gasteiger partial charge is 0.378 e. The quantitative estimate of drug-likeness (QED) is 0.721. The fraction of sp³-hybridized carbons (Fsp3) is 0.250. The average Bonchev–Trinajstić information content (AvgIpc) is 3.11. The Labute approximate surface area is 152 Å². The van der Waals surface area contributed by atoms with Crippen molar-refractivity contribution in [1.82, 2.24) is 24.5 Å². The van der Waals surface area contributed by atoms with E-state index in [4.69, 9.17) is 4.74 Å². The number of anilines is 2. The van der Waals surface area contributed by atoms with Gasteiger partial charge in [0.05, 0.1) is 24.5 Å². The van der Waals surface area contributed by atoms with E-state index in [1.165, 1.54) is 0 Å². The third-order valence-electron chi connectivity index (χ3n) is 3.90. The number of rotatable bonds is 3. The minimum absolute atomic E-state index is 0.0235. The fourth-order valence-electron chi connectivity index (χ4n) is 2.66. The van der Waals surface area contributed by atoms with Gasteiger partial charge in [0.2, 0.25) is 0 Å². The maximum absolute atomic E-state index is 12.4. The second-order valence-electron chi connectivity index (χ2n) is 5.54. The van der Waals surface area contributed by atoms with E-state index < -0.39 is 0 Å². The van der Waals surface area contributed by atoms with Crippen LogP contribution in [0.25, 0.3) is 5.65 Å². The van der Waals surface area contributed by atoms with E-state index in [2.05, 4.69) is 36.3 Å². The number of hydrogen-bond donors (Lipinski definition) is 1. The van der Waals surface area contributed by atoms with Crippen molar-refractivity contribution in [1.29, 1.82) is 0 Å². The summed E-state index contributed by atoms with van der Waals surface area (Å²) in [5.41, 5.74) is 2.03. The second-order valence-corrected chi connectivity index (χ2v) is 6.35. The Kier molecular flexibility index (Phi) is 4.33. The Morgan fingerprint density at radius 1 is 1.24 bits per heavy atom. The first kappa shape index (κ1) is 16.0. The average molecular weight is 403 g/mol. The number of hydrogen-bond acceptors (Lipinski definition) is 6. The van der Waals surface area contributed by atoms with Crippen LogP contribution in [0.3, 0.4) is 0 Å². The summed E-state index contributed by atoms with van der Waals surface area (Å²) in [4.78, 5) is 22.8. The van der Waals surface area contributed by atoms with Crippen LogP contribution >= 0.6 is 15.9 Å². The molecular weight excluding hydrogens is 388 g/mol. The highest BCUT2D eigenvalue weighted by atomic mass is 79.9. The molecule has 0 aliphatic carbocycles. The number of fused-ring (bicyclic) bond motifs is 1. The molecule has 1 N–H and O–H groups in total. The molecule has 0 bridgehead atoms. The fourth-order valence-corrected chi connectivity index (χ4v) is 3.06. The van der Waals surface area contributed by atoms with Crippen LogP contribution in [-0.4, -0.2) is 56.7 Å². The van der Waals surface area contributed by atoms with Gasteiger partial charge in [0.1, 0.15) is 10.4 Å². The van der Waals surface area contributed by atoms with Crippen LogP contribution in [0.15, 0.2) is 41.4 Å². The molecule has 0 spiro atoms. The summed E-state index contributed by atoms with van der Waals surface area (Å²) in [5.74, 6) is 0.603. The van der Waals surface area contributed by atoms with Gasteiger partial charge >= 0.3 is 0 Å². The van der Waals surface area contributed by atoms with Gasteiger partial charge in [0.15, 0.2) is 5.65 Å². The minimum atomic E-state index is -0.0235. The van der Waals surface area contributed by atoms with E-state index >= 15 is 0 Å². The Morgan fingerprint density at radius 2 is 2.08 bits per heavy atom. The molecule has 0 unspecified atom stereocenters. The van der Waals surface area contributed by atoms with Crippen molar-refractivity contribution in [3.8, 4) is 0 Å². The number of amides is 1. The molecule has 1 saturated heterocycles. The number of imidazole rings is 1. The van der Waals surface area contributed by atoms with Crippen LogP contribution in [0.5, 0.6) is 0 Å². The van der Waals surface area contributed by atoms with Crippen LogP contribution in [-0.2, 0) is 4.74 Å². The number of ether oxygens (including phenoxy) is 1. The van der Waals surface area contributed by atoms with Gasteiger partial charge in [-0.15, -0.1) is 0 Å². The monoisotopic (exact) mass is 402 g/mol. The number of morpholine rings is 1. The molecule has 8 nitrogen and oxygen atoms in total. The lowest BCUT2D eigenvalue weighted by atomic mass is 10.2. The predicted octanol–water partition coefficient (Wildman–Crippen LogP) is 2.10. The Morgan fingerprint density at radius 3 is 2.84 bits per heavy atom. The Balaban J connectivity index is 1.54. The summed E-state index contributed by atoms with van der Waals surface area (Å²) in [6.07, 6.45) is 5.03. The number of halogens is 1. The molecule has 1 aliphatic rings. The number of nitrogens with zero attached hydrogens (tertiary/aromatic N) is 5. The zero-order valence-electron chi connectivity index (χ0n) is 13.2. The van der Waals surface area contributed by atoms with Crippen molar-refractivity contribution in [3.63, 3.8) is 0 Å². The van der Waals surface area contributed by atoms with Gasteiger partial charge in [-0.2, -0.15) is 5.10 Å².